The average molecular weight is 245 g/mol. The maximum absolute atomic E-state index is 5.37. The van der Waals surface area contributed by atoms with Crippen molar-refractivity contribution in [3.05, 3.63) is 53.5 Å². The van der Waals surface area contributed by atoms with E-state index in [4.69, 9.17) is 9.15 Å². The Balaban J connectivity index is 2.03. The molecule has 0 unspecified atom stereocenters. The van der Waals surface area contributed by atoms with Gasteiger partial charge in [-0.05, 0) is 32.0 Å². The Bertz CT molecular complexity index is 491. The summed E-state index contributed by atoms with van der Waals surface area (Å²) < 4.78 is 10.7. The van der Waals surface area contributed by atoms with Gasteiger partial charge in [0.15, 0.2) is 0 Å². The van der Waals surface area contributed by atoms with Crippen LogP contribution in [0.15, 0.2) is 41.0 Å². The topological polar surface area (TPSA) is 34.4 Å². The number of hydrogen-bond acceptors (Lipinski definition) is 3. The van der Waals surface area contributed by atoms with Crippen LogP contribution in [0.2, 0.25) is 0 Å². The third kappa shape index (κ3) is 2.93. The lowest BCUT2D eigenvalue weighted by Crippen LogP contribution is -2.18. The first kappa shape index (κ1) is 12.7. The lowest BCUT2D eigenvalue weighted by molar-refractivity contribution is 0.399. The van der Waals surface area contributed by atoms with E-state index in [0.29, 0.717) is 0 Å². The first-order chi connectivity index (χ1) is 8.70. The summed E-state index contributed by atoms with van der Waals surface area (Å²) in [7, 11) is 1.70. The molecule has 0 aliphatic carbocycles. The summed E-state index contributed by atoms with van der Waals surface area (Å²) in [5.74, 6) is 1.86. The Morgan fingerprint density at radius 3 is 2.83 bits per heavy atom. The number of nitrogens with one attached hydrogen (secondary N) is 1. The van der Waals surface area contributed by atoms with Crippen LogP contribution in [-0.4, -0.2) is 7.11 Å². The van der Waals surface area contributed by atoms with Crippen molar-refractivity contribution in [1.82, 2.24) is 5.32 Å². The molecule has 0 saturated carbocycles. The molecule has 0 radical (unpaired) electrons. The highest BCUT2D eigenvalue weighted by Gasteiger charge is 2.09. The van der Waals surface area contributed by atoms with Gasteiger partial charge < -0.3 is 14.5 Å². The summed E-state index contributed by atoms with van der Waals surface area (Å²) in [6.45, 7) is 4.92. The Hall–Kier alpha value is -1.74. The first-order valence-corrected chi connectivity index (χ1v) is 6.11. The van der Waals surface area contributed by atoms with Gasteiger partial charge in [-0.3, -0.25) is 0 Å². The van der Waals surface area contributed by atoms with E-state index in [-0.39, 0.29) is 6.04 Å². The molecular weight excluding hydrogens is 226 g/mol. The molecule has 1 aromatic heterocycles. The summed E-state index contributed by atoms with van der Waals surface area (Å²) in [4.78, 5) is 0. The number of ether oxygens (including phenoxy) is 1. The van der Waals surface area contributed by atoms with Gasteiger partial charge in [-0.2, -0.15) is 0 Å². The highest BCUT2D eigenvalue weighted by atomic mass is 16.5. The molecule has 96 valence electrons. The van der Waals surface area contributed by atoms with Crippen molar-refractivity contribution >= 4 is 0 Å². The van der Waals surface area contributed by atoms with E-state index in [1.807, 2.05) is 18.2 Å². The Kier molecular flexibility index (Phi) is 4.05. The molecule has 0 amide bonds. The molecule has 0 fully saturated rings. The quantitative estimate of drug-likeness (QED) is 0.876. The maximum atomic E-state index is 5.37. The highest BCUT2D eigenvalue weighted by molar-refractivity contribution is 5.36. The number of furan rings is 1. The predicted molar refractivity (Wildman–Crippen MR) is 71.7 cm³/mol. The number of rotatable bonds is 5. The fraction of sp³-hybridized carbons (Fsp3) is 0.333. The van der Waals surface area contributed by atoms with Gasteiger partial charge in [0.25, 0.3) is 0 Å². The van der Waals surface area contributed by atoms with Gasteiger partial charge in [-0.1, -0.05) is 17.7 Å². The van der Waals surface area contributed by atoms with E-state index in [1.54, 1.807) is 13.4 Å². The van der Waals surface area contributed by atoms with Crippen LogP contribution in [0.3, 0.4) is 0 Å². The minimum absolute atomic E-state index is 0.185. The average Bonchev–Trinajstić information content (AvgIpc) is 2.90. The van der Waals surface area contributed by atoms with Crippen LogP contribution < -0.4 is 10.1 Å². The lowest BCUT2D eigenvalue weighted by atomic mass is 10.1. The van der Waals surface area contributed by atoms with Crippen molar-refractivity contribution in [2.75, 3.05) is 7.11 Å². The molecule has 1 aromatic carbocycles. The van der Waals surface area contributed by atoms with E-state index >= 15 is 0 Å². The van der Waals surface area contributed by atoms with E-state index < -0.39 is 0 Å². The van der Waals surface area contributed by atoms with Gasteiger partial charge >= 0.3 is 0 Å². The molecule has 3 heteroatoms. The lowest BCUT2D eigenvalue weighted by Gasteiger charge is -2.14. The second-order valence-corrected chi connectivity index (χ2v) is 4.43. The summed E-state index contributed by atoms with van der Waals surface area (Å²) in [5.41, 5.74) is 2.40. The number of benzene rings is 1. The SMILES string of the molecule is COc1ccc(C)cc1CN[C@H](C)c1ccco1. The van der Waals surface area contributed by atoms with Gasteiger partial charge in [-0.25, -0.2) is 0 Å². The van der Waals surface area contributed by atoms with E-state index in [1.165, 1.54) is 5.56 Å². The maximum Gasteiger partial charge on any atom is 0.123 e. The van der Waals surface area contributed by atoms with Gasteiger partial charge in [0.05, 0.1) is 19.4 Å². The second kappa shape index (κ2) is 5.74. The van der Waals surface area contributed by atoms with Gasteiger partial charge in [0.2, 0.25) is 0 Å². The van der Waals surface area contributed by atoms with Gasteiger partial charge in [0.1, 0.15) is 11.5 Å². The molecule has 3 nitrogen and oxygen atoms in total. The van der Waals surface area contributed by atoms with Crippen molar-refractivity contribution in [2.24, 2.45) is 0 Å². The van der Waals surface area contributed by atoms with Crippen LogP contribution in [0.4, 0.5) is 0 Å². The Morgan fingerprint density at radius 2 is 2.17 bits per heavy atom. The van der Waals surface area contributed by atoms with Gasteiger partial charge in [-0.15, -0.1) is 0 Å². The van der Waals surface area contributed by atoms with Crippen molar-refractivity contribution in [3.63, 3.8) is 0 Å². The molecule has 0 aliphatic rings. The molecule has 2 rings (SSSR count). The zero-order valence-corrected chi connectivity index (χ0v) is 11.1. The van der Waals surface area contributed by atoms with Crippen LogP contribution in [0.1, 0.15) is 29.9 Å². The molecule has 0 bridgehead atoms. The van der Waals surface area contributed by atoms with Crippen molar-refractivity contribution in [3.8, 4) is 5.75 Å². The van der Waals surface area contributed by atoms with Crippen LogP contribution in [0.25, 0.3) is 0 Å². The molecule has 0 spiro atoms. The minimum Gasteiger partial charge on any atom is -0.496 e. The van der Waals surface area contributed by atoms with Gasteiger partial charge in [0, 0.05) is 12.1 Å². The molecular formula is C15H19NO2. The molecule has 1 atom stereocenters. The number of hydrogen-bond donors (Lipinski definition) is 1. The molecule has 1 N–H and O–H groups in total. The fourth-order valence-electron chi connectivity index (χ4n) is 1.95. The van der Waals surface area contributed by atoms with Crippen molar-refractivity contribution < 1.29 is 9.15 Å². The largest absolute Gasteiger partial charge is 0.496 e. The zero-order valence-electron chi connectivity index (χ0n) is 11.1. The summed E-state index contributed by atoms with van der Waals surface area (Å²) in [5, 5.41) is 3.43. The third-order valence-electron chi connectivity index (χ3n) is 3.00. The fourth-order valence-corrected chi connectivity index (χ4v) is 1.95. The summed E-state index contributed by atoms with van der Waals surface area (Å²) >= 11 is 0. The number of aryl methyl sites for hydroxylation is 1. The Morgan fingerprint density at radius 1 is 1.33 bits per heavy atom. The summed E-state index contributed by atoms with van der Waals surface area (Å²) in [6, 6.07) is 10.3. The molecule has 18 heavy (non-hydrogen) atoms. The number of methoxy groups -OCH3 is 1. The smallest absolute Gasteiger partial charge is 0.123 e. The molecule has 2 aromatic rings. The van der Waals surface area contributed by atoms with Crippen molar-refractivity contribution in [1.29, 1.82) is 0 Å². The summed E-state index contributed by atoms with van der Waals surface area (Å²) in [6.07, 6.45) is 1.70. The Labute approximate surface area is 108 Å². The zero-order chi connectivity index (χ0) is 13.0. The minimum atomic E-state index is 0.185. The first-order valence-electron chi connectivity index (χ1n) is 6.11. The van der Waals surface area contributed by atoms with E-state index in [9.17, 15) is 0 Å². The van der Waals surface area contributed by atoms with Crippen LogP contribution >= 0.6 is 0 Å². The van der Waals surface area contributed by atoms with E-state index in [2.05, 4.69) is 31.3 Å². The van der Waals surface area contributed by atoms with Crippen LogP contribution in [0.5, 0.6) is 5.75 Å². The molecule has 0 aliphatic heterocycles. The van der Waals surface area contributed by atoms with Crippen LogP contribution in [-0.2, 0) is 6.54 Å². The third-order valence-corrected chi connectivity index (χ3v) is 3.00. The van der Waals surface area contributed by atoms with Crippen molar-refractivity contribution in [2.45, 2.75) is 26.4 Å². The van der Waals surface area contributed by atoms with E-state index in [0.717, 1.165) is 23.6 Å². The second-order valence-electron chi connectivity index (χ2n) is 4.43. The highest BCUT2D eigenvalue weighted by Crippen LogP contribution is 2.21. The predicted octanol–water partition coefficient (Wildman–Crippen LogP) is 3.45. The molecule has 1 heterocycles. The standard InChI is InChI=1S/C15H19NO2/c1-11-6-7-15(17-3)13(9-11)10-16-12(2)14-5-4-8-18-14/h4-9,12,16H,10H2,1-3H3/t12-/m1/s1. The monoisotopic (exact) mass is 245 g/mol. The van der Waals surface area contributed by atoms with Crippen LogP contribution in [0, 0.1) is 6.92 Å². The molecule has 0 saturated heterocycles. The normalized spacial score (nSPS) is 12.4.